The van der Waals surface area contributed by atoms with E-state index in [2.05, 4.69) is 4.74 Å². The number of benzene rings is 1. The summed E-state index contributed by atoms with van der Waals surface area (Å²) in [5, 5.41) is 0. The summed E-state index contributed by atoms with van der Waals surface area (Å²) in [4.78, 5) is 0. The first kappa shape index (κ1) is 13.3. The average molecular weight is 272 g/mol. The maximum atomic E-state index is 12.3. The van der Waals surface area contributed by atoms with E-state index in [1.54, 1.807) is 13.0 Å². The summed E-state index contributed by atoms with van der Waals surface area (Å²) in [6.45, 7) is 2.21. The minimum Gasteiger partial charge on any atom is -0.494 e. The van der Waals surface area contributed by atoms with Gasteiger partial charge in [-0.15, -0.1) is 13.2 Å². The zero-order valence-corrected chi connectivity index (χ0v) is 10.0. The second kappa shape index (κ2) is 5.26. The van der Waals surface area contributed by atoms with Gasteiger partial charge in [0.2, 0.25) is 0 Å². The molecule has 102 valence electrons. The highest BCUT2D eigenvalue weighted by atomic mass is 19.4. The Bertz CT molecular complexity index is 533. The molecule has 1 heterocycles. The molecule has 1 aromatic heterocycles. The molecule has 0 aliphatic heterocycles. The van der Waals surface area contributed by atoms with Gasteiger partial charge in [0.15, 0.2) is 0 Å². The molecule has 0 spiro atoms. The van der Waals surface area contributed by atoms with Gasteiger partial charge in [-0.25, -0.2) is 0 Å². The third kappa shape index (κ3) is 3.43. The third-order valence-corrected chi connectivity index (χ3v) is 2.32. The van der Waals surface area contributed by atoms with Crippen molar-refractivity contribution in [1.29, 1.82) is 0 Å². The molecule has 2 aromatic rings. The molecule has 0 radical (unpaired) electrons. The molecule has 6 heteroatoms. The molecule has 0 aliphatic carbocycles. The average Bonchev–Trinajstić information content (AvgIpc) is 2.83. The summed E-state index contributed by atoms with van der Waals surface area (Å²) in [5.74, 6) is 0.172. The van der Waals surface area contributed by atoms with E-state index in [1.807, 2.05) is 0 Å². The predicted octanol–water partition coefficient (Wildman–Crippen LogP) is 4.24. The van der Waals surface area contributed by atoms with E-state index in [9.17, 15) is 13.2 Å². The van der Waals surface area contributed by atoms with Crippen LogP contribution in [0.5, 0.6) is 11.5 Å². The Morgan fingerprint density at radius 3 is 2.58 bits per heavy atom. The summed E-state index contributed by atoms with van der Waals surface area (Å²) in [7, 11) is 0. The molecule has 0 aliphatic rings. The standard InChI is InChI=1S/C13H11F3O3/c1-2-18-10-3-4-12(19-13(14,15)16)11(7-10)9-5-6-17-8-9/h3-8H,2H2,1H3. The Morgan fingerprint density at radius 2 is 2.00 bits per heavy atom. The van der Waals surface area contributed by atoms with Gasteiger partial charge in [-0.05, 0) is 31.2 Å². The van der Waals surface area contributed by atoms with Crippen molar-refractivity contribution in [2.75, 3.05) is 6.61 Å². The highest BCUT2D eigenvalue weighted by Gasteiger charge is 2.32. The molecule has 0 unspecified atom stereocenters. The normalized spacial score (nSPS) is 11.4. The van der Waals surface area contributed by atoms with E-state index in [-0.39, 0.29) is 11.3 Å². The van der Waals surface area contributed by atoms with Crippen molar-refractivity contribution < 1.29 is 27.1 Å². The van der Waals surface area contributed by atoms with Crippen molar-refractivity contribution in [1.82, 2.24) is 0 Å². The smallest absolute Gasteiger partial charge is 0.494 e. The van der Waals surface area contributed by atoms with Gasteiger partial charge >= 0.3 is 6.36 Å². The van der Waals surface area contributed by atoms with Crippen LogP contribution in [-0.2, 0) is 0 Å². The van der Waals surface area contributed by atoms with Crippen LogP contribution in [0.1, 0.15) is 6.92 Å². The van der Waals surface area contributed by atoms with Crippen LogP contribution in [0.4, 0.5) is 13.2 Å². The Kier molecular flexibility index (Phi) is 3.69. The van der Waals surface area contributed by atoms with E-state index >= 15 is 0 Å². The Balaban J connectivity index is 2.42. The second-order valence-corrected chi connectivity index (χ2v) is 3.65. The van der Waals surface area contributed by atoms with Crippen LogP contribution in [0, 0.1) is 0 Å². The molecule has 2 rings (SSSR count). The molecule has 0 saturated carbocycles. The zero-order chi connectivity index (χ0) is 13.9. The molecular formula is C13H11F3O3. The first-order chi connectivity index (χ1) is 8.99. The molecule has 3 nitrogen and oxygen atoms in total. The maximum absolute atomic E-state index is 12.3. The molecule has 0 N–H and O–H groups in total. The fourth-order valence-electron chi connectivity index (χ4n) is 1.62. The van der Waals surface area contributed by atoms with Crippen molar-refractivity contribution >= 4 is 0 Å². The molecule has 0 saturated heterocycles. The molecule has 0 fully saturated rings. The monoisotopic (exact) mass is 272 g/mol. The SMILES string of the molecule is CCOc1ccc(OC(F)(F)F)c(-c2ccoc2)c1. The van der Waals surface area contributed by atoms with Gasteiger partial charge in [-0.3, -0.25) is 0 Å². The van der Waals surface area contributed by atoms with Gasteiger partial charge < -0.3 is 13.9 Å². The predicted molar refractivity (Wildman–Crippen MR) is 62.0 cm³/mol. The summed E-state index contributed by atoms with van der Waals surface area (Å²) in [6.07, 6.45) is -2.03. The van der Waals surface area contributed by atoms with Gasteiger partial charge in [0, 0.05) is 11.1 Å². The largest absolute Gasteiger partial charge is 0.573 e. The second-order valence-electron chi connectivity index (χ2n) is 3.65. The van der Waals surface area contributed by atoms with Gasteiger partial charge in [-0.1, -0.05) is 0 Å². The number of halogens is 3. The fourth-order valence-corrected chi connectivity index (χ4v) is 1.62. The van der Waals surface area contributed by atoms with Gasteiger partial charge in [0.05, 0.1) is 19.1 Å². The molecule has 0 bridgehead atoms. The van der Waals surface area contributed by atoms with E-state index in [0.29, 0.717) is 17.9 Å². The minimum absolute atomic E-state index is 0.261. The van der Waals surface area contributed by atoms with Crippen LogP contribution in [0.15, 0.2) is 41.2 Å². The van der Waals surface area contributed by atoms with Crippen LogP contribution in [0.2, 0.25) is 0 Å². The lowest BCUT2D eigenvalue weighted by Gasteiger charge is -2.14. The number of ether oxygens (including phenoxy) is 2. The number of alkyl halides is 3. The number of furan rings is 1. The number of hydrogen-bond acceptors (Lipinski definition) is 3. The Morgan fingerprint density at radius 1 is 1.21 bits per heavy atom. The third-order valence-electron chi connectivity index (χ3n) is 2.32. The van der Waals surface area contributed by atoms with Gasteiger partial charge in [0.1, 0.15) is 11.5 Å². The summed E-state index contributed by atoms with van der Waals surface area (Å²) >= 11 is 0. The van der Waals surface area contributed by atoms with E-state index in [0.717, 1.165) is 0 Å². The topological polar surface area (TPSA) is 31.6 Å². The number of rotatable bonds is 4. The van der Waals surface area contributed by atoms with Gasteiger partial charge in [0.25, 0.3) is 0 Å². The molecule has 0 atom stereocenters. The van der Waals surface area contributed by atoms with Crippen molar-refractivity contribution in [3.8, 4) is 22.6 Å². The molecule has 0 amide bonds. The molecular weight excluding hydrogens is 261 g/mol. The lowest BCUT2D eigenvalue weighted by Crippen LogP contribution is -2.17. The van der Waals surface area contributed by atoms with E-state index in [1.165, 1.54) is 30.7 Å². The first-order valence-electron chi connectivity index (χ1n) is 5.55. The van der Waals surface area contributed by atoms with Crippen LogP contribution in [0.25, 0.3) is 11.1 Å². The van der Waals surface area contributed by atoms with Crippen molar-refractivity contribution in [3.05, 3.63) is 36.8 Å². The highest BCUT2D eigenvalue weighted by molar-refractivity contribution is 5.71. The lowest BCUT2D eigenvalue weighted by atomic mass is 10.1. The fraction of sp³-hybridized carbons (Fsp3) is 0.231. The first-order valence-corrected chi connectivity index (χ1v) is 5.55. The van der Waals surface area contributed by atoms with Crippen LogP contribution in [-0.4, -0.2) is 13.0 Å². The zero-order valence-electron chi connectivity index (χ0n) is 10.0. The van der Waals surface area contributed by atoms with E-state index in [4.69, 9.17) is 9.15 Å². The lowest BCUT2D eigenvalue weighted by molar-refractivity contribution is -0.274. The van der Waals surface area contributed by atoms with E-state index < -0.39 is 6.36 Å². The number of hydrogen-bond donors (Lipinski definition) is 0. The summed E-state index contributed by atoms with van der Waals surface area (Å²) in [5.41, 5.74) is 0.748. The molecule has 19 heavy (non-hydrogen) atoms. The minimum atomic E-state index is -4.74. The Hall–Kier alpha value is -2.11. The van der Waals surface area contributed by atoms with Crippen LogP contribution in [0.3, 0.4) is 0 Å². The van der Waals surface area contributed by atoms with Crippen LogP contribution < -0.4 is 9.47 Å². The van der Waals surface area contributed by atoms with Crippen molar-refractivity contribution in [2.45, 2.75) is 13.3 Å². The maximum Gasteiger partial charge on any atom is 0.573 e. The summed E-state index contributed by atoms with van der Waals surface area (Å²) < 4.78 is 51.1. The molecule has 1 aromatic carbocycles. The highest BCUT2D eigenvalue weighted by Crippen LogP contribution is 2.36. The van der Waals surface area contributed by atoms with Crippen LogP contribution >= 0.6 is 0 Å². The quantitative estimate of drug-likeness (QED) is 0.834. The van der Waals surface area contributed by atoms with Gasteiger partial charge in [-0.2, -0.15) is 0 Å². The summed E-state index contributed by atoms with van der Waals surface area (Å²) in [6, 6.07) is 5.68. The Labute approximate surface area is 107 Å². The van der Waals surface area contributed by atoms with Crippen molar-refractivity contribution in [3.63, 3.8) is 0 Å². The van der Waals surface area contributed by atoms with Crippen molar-refractivity contribution in [2.24, 2.45) is 0 Å².